The third kappa shape index (κ3) is 2.69. The SMILES string of the molecule is O=c1[nH]c(CNc2cccc(Cl)c2[N+](=O)[O-])cs1. The van der Waals surface area contributed by atoms with Gasteiger partial charge in [0.1, 0.15) is 10.7 Å². The minimum Gasteiger partial charge on any atom is -0.374 e. The molecule has 1 aromatic heterocycles. The first-order valence-corrected chi connectivity index (χ1v) is 6.17. The average Bonchev–Trinajstić information content (AvgIpc) is 2.72. The first-order valence-electron chi connectivity index (χ1n) is 4.91. The number of benzene rings is 1. The van der Waals surface area contributed by atoms with E-state index in [1.54, 1.807) is 17.5 Å². The molecule has 0 bridgehead atoms. The number of hydrogen-bond acceptors (Lipinski definition) is 5. The van der Waals surface area contributed by atoms with Crippen molar-refractivity contribution in [3.63, 3.8) is 0 Å². The van der Waals surface area contributed by atoms with Crippen molar-refractivity contribution < 1.29 is 4.92 Å². The summed E-state index contributed by atoms with van der Waals surface area (Å²) in [6, 6.07) is 4.64. The van der Waals surface area contributed by atoms with E-state index in [4.69, 9.17) is 11.6 Å². The van der Waals surface area contributed by atoms with Gasteiger partial charge in [0.25, 0.3) is 0 Å². The van der Waals surface area contributed by atoms with Crippen LogP contribution in [0.5, 0.6) is 0 Å². The summed E-state index contributed by atoms with van der Waals surface area (Å²) >= 11 is 6.81. The van der Waals surface area contributed by atoms with Crippen LogP contribution in [0.3, 0.4) is 0 Å². The molecule has 0 atom stereocenters. The molecule has 1 heterocycles. The van der Waals surface area contributed by atoms with Crippen LogP contribution in [-0.2, 0) is 6.54 Å². The van der Waals surface area contributed by atoms with Crippen molar-refractivity contribution in [2.45, 2.75) is 6.54 Å². The Morgan fingerprint density at radius 2 is 2.28 bits per heavy atom. The lowest BCUT2D eigenvalue weighted by Gasteiger charge is -2.06. The Morgan fingerprint density at radius 3 is 2.89 bits per heavy atom. The number of nitrogens with one attached hydrogen (secondary N) is 2. The highest BCUT2D eigenvalue weighted by molar-refractivity contribution is 7.07. The summed E-state index contributed by atoms with van der Waals surface area (Å²) in [5.74, 6) is 0. The second-order valence-electron chi connectivity index (χ2n) is 3.42. The smallest absolute Gasteiger partial charge is 0.310 e. The summed E-state index contributed by atoms with van der Waals surface area (Å²) in [6.07, 6.45) is 0. The number of halogens is 1. The van der Waals surface area contributed by atoms with Crippen LogP contribution in [0.15, 0.2) is 28.4 Å². The molecule has 2 rings (SSSR count). The van der Waals surface area contributed by atoms with Gasteiger partial charge in [0.05, 0.1) is 11.5 Å². The monoisotopic (exact) mass is 285 g/mol. The Bertz CT molecular complexity index is 637. The summed E-state index contributed by atoms with van der Waals surface area (Å²) in [4.78, 5) is 23.7. The molecule has 6 nitrogen and oxygen atoms in total. The van der Waals surface area contributed by atoms with Crippen LogP contribution in [0.2, 0.25) is 5.02 Å². The maximum Gasteiger partial charge on any atom is 0.310 e. The number of anilines is 1. The van der Waals surface area contributed by atoms with Crippen LogP contribution in [0.4, 0.5) is 11.4 Å². The predicted octanol–water partition coefficient (Wildman–Crippen LogP) is 2.61. The number of nitro benzene ring substituents is 1. The lowest BCUT2D eigenvalue weighted by Crippen LogP contribution is -2.05. The van der Waals surface area contributed by atoms with Crippen LogP contribution in [-0.4, -0.2) is 9.91 Å². The van der Waals surface area contributed by atoms with E-state index in [0.717, 1.165) is 11.3 Å². The second kappa shape index (κ2) is 5.19. The predicted molar refractivity (Wildman–Crippen MR) is 70.4 cm³/mol. The zero-order chi connectivity index (χ0) is 13.1. The van der Waals surface area contributed by atoms with E-state index in [1.807, 2.05) is 0 Å². The second-order valence-corrected chi connectivity index (χ2v) is 4.67. The van der Waals surface area contributed by atoms with E-state index in [2.05, 4.69) is 10.3 Å². The van der Waals surface area contributed by atoms with Crippen LogP contribution < -0.4 is 10.2 Å². The number of rotatable bonds is 4. The van der Waals surface area contributed by atoms with Gasteiger partial charge in [-0.3, -0.25) is 14.9 Å². The quantitative estimate of drug-likeness (QED) is 0.667. The average molecular weight is 286 g/mol. The molecule has 0 saturated carbocycles. The highest BCUT2D eigenvalue weighted by atomic mass is 35.5. The molecular weight excluding hydrogens is 278 g/mol. The first kappa shape index (κ1) is 12.6. The Morgan fingerprint density at radius 1 is 1.50 bits per heavy atom. The highest BCUT2D eigenvalue weighted by Crippen LogP contribution is 2.32. The third-order valence-corrected chi connectivity index (χ3v) is 3.23. The van der Waals surface area contributed by atoms with Crippen molar-refractivity contribution in [3.8, 4) is 0 Å². The number of hydrogen-bond donors (Lipinski definition) is 2. The third-order valence-electron chi connectivity index (χ3n) is 2.21. The number of aromatic nitrogens is 1. The Kier molecular flexibility index (Phi) is 3.63. The normalized spacial score (nSPS) is 10.3. The van der Waals surface area contributed by atoms with Crippen molar-refractivity contribution in [3.05, 3.63) is 54.1 Å². The fraction of sp³-hybridized carbons (Fsp3) is 0.100. The van der Waals surface area contributed by atoms with Crippen molar-refractivity contribution in [1.82, 2.24) is 4.98 Å². The zero-order valence-electron chi connectivity index (χ0n) is 8.97. The molecule has 0 aliphatic carbocycles. The summed E-state index contributed by atoms with van der Waals surface area (Å²) in [7, 11) is 0. The van der Waals surface area contributed by atoms with E-state index >= 15 is 0 Å². The number of nitrogens with zero attached hydrogens (tertiary/aromatic N) is 1. The van der Waals surface area contributed by atoms with Gasteiger partial charge in [-0.05, 0) is 12.1 Å². The molecule has 8 heteroatoms. The Balaban J connectivity index is 2.21. The molecule has 0 saturated heterocycles. The number of H-pyrrole nitrogens is 1. The van der Waals surface area contributed by atoms with Crippen LogP contribution in [0.1, 0.15) is 5.69 Å². The largest absolute Gasteiger partial charge is 0.374 e. The van der Waals surface area contributed by atoms with Crippen molar-refractivity contribution in [2.75, 3.05) is 5.32 Å². The van der Waals surface area contributed by atoms with Gasteiger partial charge in [0.15, 0.2) is 0 Å². The topological polar surface area (TPSA) is 88.0 Å². The fourth-order valence-corrected chi connectivity index (χ4v) is 2.26. The van der Waals surface area contributed by atoms with Gasteiger partial charge in [-0.2, -0.15) is 0 Å². The zero-order valence-corrected chi connectivity index (χ0v) is 10.5. The minimum absolute atomic E-state index is 0.0730. The van der Waals surface area contributed by atoms with Gasteiger partial charge in [-0.15, -0.1) is 0 Å². The Hall–Kier alpha value is -1.86. The van der Waals surface area contributed by atoms with Crippen LogP contribution >= 0.6 is 22.9 Å². The highest BCUT2D eigenvalue weighted by Gasteiger charge is 2.17. The van der Waals surface area contributed by atoms with Crippen LogP contribution in [0, 0.1) is 10.1 Å². The lowest BCUT2D eigenvalue weighted by molar-refractivity contribution is -0.383. The summed E-state index contributed by atoms with van der Waals surface area (Å²) in [6.45, 7) is 0.292. The number of aromatic amines is 1. The number of para-hydroxylation sites is 1. The Labute approximate surface area is 110 Å². The maximum atomic E-state index is 10.9. The minimum atomic E-state index is -0.541. The first-order chi connectivity index (χ1) is 8.58. The summed E-state index contributed by atoms with van der Waals surface area (Å²) in [5, 5.41) is 15.5. The molecule has 0 aliphatic rings. The van der Waals surface area contributed by atoms with Crippen molar-refractivity contribution >= 4 is 34.3 Å². The molecule has 0 aliphatic heterocycles. The van der Waals surface area contributed by atoms with E-state index in [-0.39, 0.29) is 15.6 Å². The molecule has 0 radical (unpaired) electrons. The van der Waals surface area contributed by atoms with Gasteiger partial charge >= 0.3 is 10.6 Å². The molecule has 0 unspecified atom stereocenters. The van der Waals surface area contributed by atoms with Gasteiger partial charge in [-0.25, -0.2) is 0 Å². The number of nitro groups is 1. The standard InChI is InChI=1S/C10H8ClN3O3S/c11-7-2-1-3-8(9(7)14(16)17)12-4-6-5-18-10(15)13-6/h1-3,5,12H,4H2,(H,13,15). The fourth-order valence-electron chi connectivity index (χ4n) is 1.43. The maximum absolute atomic E-state index is 10.9. The summed E-state index contributed by atoms with van der Waals surface area (Å²) in [5.41, 5.74) is 0.815. The van der Waals surface area contributed by atoms with Crippen LogP contribution in [0.25, 0.3) is 0 Å². The van der Waals surface area contributed by atoms with Gasteiger partial charge in [-0.1, -0.05) is 29.0 Å². The molecule has 0 spiro atoms. The van der Waals surface area contributed by atoms with Crippen molar-refractivity contribution in [2.24, 2.45) is 0 Å². The van der Waals surface area contributed by atoms with E-state index in [0.29, 0.717) is 17.9 Å². The summed E-state index contributed by atoms with van der Waals surface area (Å²) < 4.78 is 0. The molecular formula is C10H8ClN3O3S. The molecule has 18 heavy (non-hydrogen) atoms. The molecule has 0 amide bonds. The number of thiazole rings is 1. The molecule has 2 aromatic rings. The van der Waals surface area contributed by atoms with Gasteiger partial charge in [0, 0.05) is 11.1 Å². The van der Waals surface area contributed by atoms with E-state index in [9.17, 15) is 14.9 Å². The molecule has 0 fully saturated rings. The molecule has 94 valence electrons. The lowest BCUT2D eigenvalue weighted by atomic mass is 10.2. The molecule has 2 N–H and O–H groups in total. The van der Waals surface area contributed by atoms with Gasteiger partial charge in [0.2, 0.25) is 0 Å². The van der Waals surface area contributed by atoms with E-state index < -0.39 is 4.92 Å². The van der Waals surface area contributed by atoms with E-state index in [1.165, 1.54) is 6.07 Å². The van der Waals surface area contributed by atoms with Gasteiger partial charge < -0.3 is 10.3 Å². The molecule has 1 aromatic carbocycles. The van der Waals surface area contributed by atoms with Crippen molar-refractivity contribution in [1.29, 1.82) is 0 Å².